The fraction of sp³-hybridized carbons (Fsp3) is 0.500. The van der Waals surface area contributed by atoms with Crippen LogP contribution in [0.25, 0.3) is 0 Å². The Labute approximate surface area is 88.1 Å². The van der Waals surface area contributed by atoms with Crippen LogP contribution in [0.1, 0.15) is 29.1 Å². The van der Waals surface area contributed by atoms with E-state index in [2.05, 4.69) is 17.3 Å². The Kier molecular flexibility index (Phi) is 1.81. The van der Waals surface area contributed by atoms with Gasteiger partial charge in [-0.25, -0.2) is 0 Å². The summed E-state index contributed by atoms with van der Waals surface area (Å²) in [4.78, 5) is 12.1. The fourth-order valence-corrected chi connectivity index (χ4v) is 2.75. The molecule has 0 amide bonds. The van der Waals surface area contributed by atoms with Crippen LogP contribution in [-0.4, -0.2) is 10.9 Å². The van der Waals surface area contributed by atoms with Gasteiger partial charge in [0.1, 0.15) is 11.5 Å². The van der Waals surface area contributed by atoms with Crippen LogP contribution in [0.3, 0.4) is 0 Å². The first-order valence-corrected chi connectivity index (χ1v) is 5.40. The van der Waals surface area contributed by atoms with E-state index in [1.807, 2.05) is 6.92 Å². The lowest BCUT2D eigenvalue weighted by molar-refractivity contribution is 0.0892. The number of rotatable bonds is 2. The first-order chi connectivity index (χ1) is 7.24. The lowest BCUT2D eigenvalue weighted by Crippen LogP contribution is -2.19. The van der Waals surface area contributed by atoms with Gasteiger partial charge in [0.15, 0.2) is 5.78 Å². The van der Waals surface area contributed by atoms with Crippen molar-refractivity contribution in [3.8, 4) is 0 Å². The Morgan fingerprint density at radius 2 is 2.33 bits per heavy atom. The highest BCUT2D eigenvalue weighted by Crippen LogP contribution is 2.44. The number of hydrogen-bond donors (Lipinski definition) is 0. The van der Waals surface area contributed by atoms with Gasteiger partial charge in [-0.2, -0.15) is 0 Å². The summed E-state index contributed by atoms with van der Waals surface area (Å²) in [5, 5.41) is 3.80. The van der Waals surface area contributed by atoms with Crippen LogP contribution >= 0.6 is 0 Å². The monoisotopic (exact) mass is 203 g/mol. The zero-order chi connectivity index (χ0) is 10.4. The van der Waals surface area contributed by atoms with E-state index in [0.717, 1.165) is 12.8 Å². The predicted molar refractivity (Wildman–Crippen MR) is 54.4 cm³/mol. The van der Waals surface area contributed by atoms with Crippen molar-refractivity contribution >= 4 is 5.78 Å². The molecule has 1 fully saturated rings. The lowest BCUT2D eigenvalue weighted by atomic mass is 9.88. The van der Waals surface area contributed by atoms with E-state index >= 15 is 0 Å². The predicted octanol–water partition coefficient (Wildman–Crippen LogP) is 2.38. The minimum absolute atomic E-state index is 0.143. The van der Waals surface area contributed by atoms with Gasteiger partial charge in [-0.15, -0.1) is 0 Å². The smallest absolute Gasteiger partial charge is 0.188 e. The van der Waals surface area contributed by atoms with Crippen LogP contribution in [0, 0.1) is 24.7 Å². The number of hydrogen-bond acceptors (Lipinski definition) is 3. The Hall–Kier alpha value is -1.38. The molecule has 15 heavy (non-hydrogen) atoms. The number of allylic oxidation sites excluding steroid dienone is 2. The van der Waals surface area contributed by atoms with Crippen molar-refractivity contribution in [3.63, 3.8) is 0 Å². The summed E-state index contributed by atoms with van der Waals surface area (Å²) in [6.45, 7) is 1.81. The molecule has 0 N–H and O–H groups in total. The molecule has 1 aromatic heterocycles. The topological polar surface area (TPSA) is 43.1 Å². The van der Waals surface area contributed by atoms with E-state index in [1.54, 1.807) is 6.07 Å². The molecule has 0 saturated heterocycles. The number of aryl methyl sites for hydroxylation is 1. The molecular weight excluding hydrogens is 190 g/mol. The van der Waals surface area contributed by atoms with E-state index < -0.39 is 0 Å². The maximum absolute atomic E-state index is 12.1. The second-order valence-electron chi connectivity index (χ2n) is 4.57. The van der Waals surface area contributed by atoms with Crippen molar-refractivity contribution < 1.29 is 9.32 Å². The van der Waals surface area contributed by atoms with Crippen LogP contribution in [0.4, 0.5) is 0 Å². The largest absolute Gasteiger partial charge is 0.361 e. The number of Topliss-reactive ketones (excluding diaryl/α,β-unsaturated/α-hetero) is 1. The van der Waals surface area contributed by atoms with E-state index in [1.165, 1.54) is 0 Å². The van der Waals surface area contributed by atoms with E-state index in [4.69, 9.17) is 4.52 Å². The molecular formula is C12H13NO2. The highest BCUT2D eigenvalue weighted by molar-refractivity contribution is 5.96. The van der Waals surface area contributed by atoms with Crippen molar-refractivity contribution in [1.29, 1.82) is 0 Å². The number of ketones is 1. The molecule has 0 spiro atoms. The molecule has 0 unspecified atom stereocenters. The number of nitrogens with zero attached hydrogens (tertiary/aromatic N) is 1. The average molecular weight is 203 g/mol. The molecule has 2 aliphatic carbocycles. The first kappa shape index (κ1) is 8.89. The first-order valence-electron chi connectivity index (χ1n) is 5.40. The molecule has 3 heteroatoms. The van der Waals surface area contributed by atoms with Gasteiger partial charge in [-0.1, -0.05) is 17.3 Å². The summed E-state index contributed by atoms with van der Waals surface area (Å²) < 4.78 is 4.94. The van der Waals surface area contributed by atoms with E-state index in [9.17, 15) is 4.79 Å². The number of aromatic nitrogens is 1. The molecule has 3 atom stereocenters. The molecule has 1 saturated carbocycles. The van der Waals surface area contributed by atoms with E-state index in [0.29, 0.717) is 23.3 Å². The second kappa shape index (κ2) is 3.05. The van der Waals surface area contributed by atoms with Crippen molar-refractivity contribution in [2.75, 3.05) is 0 Å². The summed E-state index contributed by atoms with van der Waals surface area (Å²) in [5.41, 5.74) is 0.499. The third kappa shape index (κ3) is 1.34. The fourth-order valence-electron chi connectivity index (χ4n) is 2.75. The van der Waals surface area contributed by atoms with Gasteiger partial charge in [0.2, 0.25) is 0 Å². The van der Waals surface area contributed by atoms with Crippen LogP contribution in [0.2, 0.25) is 0 Å². The zero-order valence-corrected chi connectivity index (χ0v) is 8.64. The Balaban J connectivity index is 1.84. The van der Waals surface area contributed by atoms with Gasteiger partial charge in [-0.05, 0) is 31.6 Å². The Morgan fingerprint density at radius 3 is 2.87 bits per heavy atom. The molecule has 2 bridgehead atoms. The number of carbonyl (C=O) groups excluding carboxylic acids is 1. The van der Waals surface area contributed by atoms with Gasteiger partial charge in [-0.3, -0.25) is 4.79 Å². The molecule has 1 aromatic rings. The maximum atomic E-state index is 12.1. The van der Waals surface area contributed by atoms with Gasteiger partial charge in [0, 0.05) is 12.0 Å². The molecule has 0 aromatic carbocycles. The van der Waals surface area contributed by atoms with Gasteiger partial charge in [0.25, 0.3) is 0 Å². The van der Waals surface area contributed by atoms with Crippen LogP contribution in [0.15, 0.2) is 22.7 Å². The highest BCUT2D eigenvalue weighted by atomic mass is 16.5. The molecule has 2 aliphatic rings. The van der Waals surface area contributed by atoms with Crippen molar-refractivity contribution in [1.82, 2.24) is 5.16 Å². The lowest BCUT2D eigenvalue weighted by Gasteiger charge is -2.14. The van der Waals surface area contributed by atoms with Crippen LogP contribution in [-0.2, 0) is 0 Å². The quantitative estimate of drug-likeness (QED) is 0.547. The normalized spacial score (nSPS) is 32.5. The summed E-state index contributed by atoms with van der Waals surface area (Å²) >= 11 is 0. The van der Waals surface area contributed by atoms with Gasteiger partial charge < -0.3 is 4.52 Å². The van der Waals surface area contributed by atoms with Gasteiger partial charge in [0.05, 0.1) is 0 Å². The highest BCUT2D eigenvalue weighted by Gasteiger charge is 2.40. The summed E-state index contributed by atoms with van der Waals surface area (Å²) in [5.74, 6) is 2.07. The van der Waals surface area contributed by atoms with Crippen LogP contribution < -0.4 is 0 Å². The van der Waals surface area contributed by atoms with Gasteiger partial charge >= 0.3 is 0 Å². The molecule has 0 radical (unpaired) electrons. The standard InChI is InChI=1S/C12H13NO2/c1-7-4-11(13-15-7)12(14)10-6-8-2-3-9(10)5-8/h2-4,8-10H,5-6H2,1H3/t8-,9+,10+/m0/s1. The number of fused-ring (bicyclic) bond motifs is 2. The second-order valence-corrected chi connectivity index (χ2v) is 4.57. The molecule has 3 rings (SSSR count). The van der Waals surface area contributed by atoms with E-state index in [-0.39, 0.29) is 11.7 Å². The SMILES string of the molecule is Cc1cc(C(=O)[C@@H]2C[C@H]3C=C[C@@H]2C3)no1. The summed E-state index contributed by atoms with van der Waals surface area (Å²) in [6, 6.07) is 1.73. The number of carbonyl (C=O) groups is 1. The maximum Gasteiger partial charge on any atom is 0.188 e. The average Bonchev–Trinajstić information content (AvgIpc) is 2.90. The molecule has 1 heterocycles. The van der Waals surface area contributed by atoms with Crippen molar-refractivity contribution in [2.45, 2.75) is 19.8 Å². The third-order valence-corrected chi connectivity index (χ3v) is 3.50. The zero-order valence-electron chi connectivity index (χ0n) is 8.64. The Morgan fingerprint density at radius 1 is 1.47 bits per heavy atom. The molecule has 78 valence electrons. The molecule has 0 aliphatic heterocycles. The third-order valence-electron chi connectivity index (χ3n) is 3.50. The minimum atomic E-state index is 0.143. The van der Waals surface area contributed by atoms with Crippen LogP contribution in [0.5, 0.6) is 0 Å². The molecule has 3 nitrogen and oxygen atoms in total. The summed E-state index contributed by atoms with van der Waals surface area (Å²) in [6.07, 6.45) is 6.56. The van der Waals surface area contributed by atoms with Crippen molar-refractivity contribution in [3.05, 3.63) is 29.7 Å². The summed E-state index contributed by atoms with van der Waals surface area (Å²) in [7, 11) is 0. The Bertz CT molecular complexity index is 433. The van der Waals surface area contributed by atoms with Crippen molar-refractivity contribution in [2.24, 2.45) is 17.8 Å². The minimum Gasteiger partial charge on any atom is -0.361 e.